The van der Waals surface area contributed by atoms with Crippen molar-refractivity contribution < 1.29 is 4.74 Å². The van der Waals surface area contributed by atoms with E-state index >= 15 is 0 Å². The van der Waals surface area contributed by atoms with Gasteiger partial charge < -0.3 is 10.1 Å². The highest BCUT2D eigenvalue weighted by Crippen LogP contribution is 2.50. The van der Waals surface area contributed by atoms with Crippen molar-refractivity contribution >= 4 is 0 Å². The molecule has 0 aromatic carbocycles. The molecular formula is C14H21N3O. The van der Waals surface area contributed by atoms with Gasteiger partial charge in [-0.05, 0) is 38.1 Å². The predicted octanol–water partition coefficient (Wildman–Crippen LogP) is 2.25. The van der Waals surface area contributed by atoms with E-state index in [-0.39, 0.29) is 5.54 Å². The number of aromatic nitrogens is 2. The van der Waals surface area contributed by atoms with Gasteiger partial charge in [-0.3, -0.25) is 4.98 Å². The van der Waals surface area contributed by atoms with Crippen molar-refractivity contribution in [1.82, 2.24) is 15.3 Å². The summed E-state index contributed by atoms with van der Waals surface area (Å²) in [6.45, 7) is 1.08. The van der Waals surface area contributed by atoms with Gasteiger partial charge >= 0.3 is 0 Å². The van der Waals surface area contributed by atoms with Crippen molar-refractivity contribution in [2.45, 2.75) is 44.1 Å². The van der Waals surface area contributed by atoms with Crippen molar-refractivity contribution in [2.75, 3.05) is 13.7 Å². The van der Waals surface area contributed by atoms with Crippen molar-refractivity contribution in [3.8, 4) is 5.88 Å². The number of hydrogen-bond acceptors (Lipinski definition) is 4. The summed E-state index contributed by atoms with van der Waals surface area (Å²) in [4.78, 5) is 8.93. The minimum Gasteiger partial charge on any atom is -0.480 e. The van der Waals surface area contributed by atoms with Crippen LogP contribution in [0.2, 0.25) is 0 Å². The molecule has 1 aromatic heterocycles. The van der Waals surface area contributed by atoms with Gasteiger partial charge in [-0.1, -0.05) is 12.8 Å². The first-order valence-electron chi connectivity index (χ1n) is 6.97. The SMILES string of the molecule is COc1nccnc1C1(C2CC2)CCCCCN1. The highest BCUT2D eigenvalue weighted by atomic mass is 16.5. The third-order valence-electron chi connectivity index (χ3n) is 4.24. The summed E-state index contributed by atoms with van der Waals surface area (Å²) in [5.41, 5.74) is 1.03. The molecule has 2 aliphatic rings. The van der Waals surface area contributed by atoms with Gasteiger partial charge in [0.15, 0.2) is 0 Å². The van der Waals surface area contributed by atoms with E-state index in [1.807, 2.05) is 0 Å². The lowest BCUT2D eigenvalue weighted by Crippen LogP contribution is -2.45. The van der Waals surface area contributed by atoms with E-state index in [0.717, 1.165) is 18.7 Å². The summed E-state index contributed by atoms with van der Waals surface area (Å²) >= 11 is 0. The third kappa shape index (κ3) is 1.99. The van der Waals surface area contributed by atoms with Crippen molar-refractivity contribution in [3.63, 3.8) is 0 Å². The summed E-state index contributed by atoms with van der Waals surface area (Å²) < 4.78 is 5.43. The zero-order valence-electron chi connectivity index (χ0n) is 11.0. The maximum Gasteiger partial charge on any atom is 0.237 e. The van der Waals surface area contributed by atoms with Gasteiger partial charge in [0.2, 0.25) is 5.88 Å². The molecule has 1 aliphatic heterocycles. The van der Waals surface area contributed by atoms with Gasteiger partial charge in [-0.15, -0.1) is 0 Å². The molecule has 1 aliphatic carbocycles. The average Bonchev–Trinajstić information content (AvgIpc) is 3.25. The second kappa shape index (κ2) is 4.84. The highest BCUT2D eigenvalue weighted by molar-refractivity contribution is 5.29. The van der Waals surface area contributed by atoms with Gasteiger partial charge in [-0.25, -0.2) is 4.98 Å². The van der Waals surface area contributed by atoms with E-state index in [4.69, 9.17) is 4.74 Å². The topological polar surface area (TPSA) is 47.0 Å². The molecule has 1 saturated carbocycles. The summed E-state index contributed by atoms with van der Waals surface area (Å²) in [6, 6.07) is 0. The monoisotopic (exact) mass is 247 g/mol. The minimum atomic E-state index is 0.0100. The fourth-order valence-electron chi connectivity index (χ4n) is 3.21. The molecule has 1 aromatic rings. The summed E-state index contributed by atoms with van der Waals surface area (Å²) in [6.07, 6.45) is 11.1. The molecule has 18 heavy (non-hydrogen) atoms. The van der Waals surface area contributed by atoms with Gasteiger partial charge in [0.25, 0.3) is 0 Å². The fourth-order valence-corrected chi connectivity index (χ4v) is 3.21. The molecule has 3 rings (SSSR count). The normalized spacial score (nSPS) is 28.7. The minimum absolute atomic E-state index is 0.0100. The Bertz CT molecular complexity index is 409. The number of hydrogen-bond donors (Lipinski definition) is 1. The molecule has 0 bridgehead atoms. The molecule has 0 spiro atoms. The number of ether oxygens (including phenoxy) is 1. The Morgan fingerprint density at radius 2 is 2.06 bits per heavy atom. The van der Waals surface area contributed by atoms with Crippen LogP contribution in [0.4, 0.5) is 0 Å². The van der Waals surface area contributed by atoms with Crippen LogP contribution in [0.15, 0.2) is 12.4 Å². The summed E-state index contributed by atoms with van der Waals surface area (Å²) in [7, 11) is 1.69. The Morgan fingerprint density at radius 1 is 1.22 bits per heavy atom. The molecule has 4 heteroatoms. The first-order chi connectivity index (χ1) is 8.87. The van der Waals surface area contributed by atoms with Crippen LogP contribution in [-0.2, 0) is 5.54 Å². The molecule has 0 amide bonds. The molecule has 1 atom stereocenters. The zero-order valence-corrected chi connectivity index (χ0v) is 11.0. The summed E-state index contributed by atoms with van der Waals surface area (Å²) in [5.74, 6) is 1.40. The first kappa shape index (κ1) is 11.9. The zero-order chi connectivity index (χ0) is 12.4. The van der Waals surface area contributed by atoms with E-state index < -0.39 is 0 Å². The molecule has 0 radical (unpaired) electrons. The van der Waals surface area contributed by atoms with E-state index in [0.29, 0.717) is 11.8 Å². The Morgan fingerprint density at radius 3 is 2.83 bits per heavy atom. The van der Waals surface area contributed by atoms with Crippen molar-refractivity contribution in [1.29, 1.82) is 0 Å². The van der Waals surface area contributed by atoms with Crippen LogP contribution >= 0.6 is 0 Å². The lowest BCUT2D eigenvalue weighted by Gasteiger charge is -2.34. The molecule has 2 heterocycles. The standard InChI is InChI=1S/C14H21N3O/c1-18-13-12(15-9-10-16-13)14(11-5-6-11)7-3-2-4-8-17-14/h9-11,17H,2-8H2,1H3. The first-order valence-corrected chi connectivity index (χ1v) is 6.97. The lowest BCUT2D eigenvalue weighted by molar-refractivity contribution is 0.254. The van der Waals surface area contributed by atoms with E-state index in [1.54, 1.807) is 19.5 Å². The van der Waals surface area contributed by atoms with Gasteiger partial charge in [-0.2, -0.15) is 0 Å². The largest absolute Gasteiger partial charge is 0.480 e. The van der Waals surface area contributed by atoms with E-state index in [2.05, 4.69) is 15.3 Å². The molecule has 98 valence electrons. The second-order valence-corrected chi connectivity index (χ2v) is 5.40. The van der Waals surface area contributed by atoms with Crippen LogP contribution in [0.25, 0.3) is 0 Å². The molecule has 1 unspecified atom stereocenters. The van der Waals surface area contributed by atoms with E-state index in [9.17, 15) is 0 Å². The molecule has 2 fully saturated rings. The van der Waals surface area contributed by atoms with Gasteiger partial charge in [0.1, 0.15) is 5.69 Å². The van der Waals surface area contributed by atoms with Gasteiger partial charge in [0, 0.05) is 12.4 Å². The Kier molecular flexibility index (Phi) is 3.20. The Hall–Kier alpha value is -1.16. The van der Waals surface area contributed by atoms with Gasteiger partial charge in [0.05, 0.1) is 12.6 Å². The van der Waals surface area contributed by atoms with Crippen molar-refractivity contribution in [3.05, 3.63) is 18.1 Å². The Balaban J connectivity index is 2.02. The van der Waals surface area contributed by atoms with Crippen LogP contribution in [0.5, 0.6) is 5.88 Å². The molecule has 4 nitrogen and oxygen atoms in total. The lowest BCUT2D eigenvalue weighted by atomic mass is 9.84. The number of methoxy groups -OCH3 is 1. The highest BCUT2D eigenvalue weighted by Gasteiger charge is 2.49. The van der Waals surface area contributed by atoms with Crippen LogP contribution in [0, 0.1) is 5.92 Å². The number of nitrogens with one attached hydrogen (secondary N) is 1. The molecular weight excluding hydrogens is 226 g/mol. The summed E-state index contributed by atoms with van der Waals surface area (Å²) in [5, 5.41) is 3.77. The smallest absolute Gasteiger partial charge is 0.237 e. The maximum atomic E-state index is 5.43. The van der Waals surface area contributed by atoms with E-state index in [1.165, 1.54) is 32.1 Å². The number of rotatable bonds is 3. The molecule has 1 N–H and O–H groups in total. The average molecular weight is 247 g/mol. The van der Waals surface area contributed by atoms with Crippen molar-refractivity contribution in [2.24, 2.45) is 5.92 Å². The maximum absolute atomic E-state index is 5.43. The van der Waals surface area contributed by atoms with Crippen LogP contribution in [0.3, 0.4) is 0 Å². The van der Waals surface area contributed by atoms with Crippen LogP contribution in [-0.4, -0.2) is 23.6 Å². The number of nitrogens with zero attached hydrogens (tertiary/aromatic N) is 2. The Labute approximate surface area is 108 Å². The van der Waals surface area contributed by atoms with Crippen LogP contribution < -0.4 is 10.1 Å². The predicted molar refractivity (Wildman–Crippen MR) is 69.5 cm³/mol. The fraction of sp³-hybridized carbons (Fsp3) is 0.714. The van der Waals surface area contributed by atoms with Crippen LogP contribution in [0.1, 0.15) is 44.2 Å². The quantitative estimate of drug-likeness (QED) is 0.890. The third-order valence-corrected chi connectivity index (χ3v) is 4.24. The molecule has 1 saturated heterocycles. The second-order valence-electron chi connectivity index (χ2n) is 5.40.